The molecular weight excluding hydrogens is 294 g/mol. The van der Waals surface area contributed by atoms with Crippen LogP contribution in [0.5, 0.6) is 0 Å². The quantitative estimate of drug-likeness (QED) is 0.726. The lowest BCUT2D eigenvalue weighted by Crippen LogP contribution is -2.38. The number of carbonyl (C=O) groups is 1. The van der Waals surface area contributed by atoms with E-state index >= 15 is 0 Å². The zero-order valence-corrected chi connectivity index (χ0v) is 13.4. The first-order chi connectivity index (χ1) is 11.1. The second kappa shape index (κ2) is 8.28. The summed E-state index contributed by atoms with van der Waals surface area (Å²) in [6.45, 7) is 4.19. The van der Waals surface area contributed by atoms with Crippen molar-refractivity contribution in [2.75, 3.05) is 6.54 Å². The summed E-state index contributed by atoms with van der Waals surface area (Å²) in [6.07, 6.45) is 2.64. The molecule has 0 radical (unpaired) electrons. The Balaban J connectivity index is 1.85. The first-order valence-electron chi connectivity index (χ1n) is 7.80. The van der Waals surface area contributed by atoms with Crippen molar-refractivity contribution in [3.8, 4) is 5.69 Å². The number of nitrogens with zero attached hydrogens (tertiary/aromatic N) is 3. The summed E-state index contributed by atoms with van der Waals surface area (Å²) in [5, 5.41) is 23.1. The van der Waals surface area contributed by atoms with Crippen molar-refractivity contribution < 1.29 is 9.90 Å². The molecule has 1 aromatic carbocycles. The van der Waals surface area contributed by atoms with Crippen molar-refractivity contribution in [1.29, 1.82) is 0 Å². The molecule has 0 spiro atoms. The Morgan fingerprint density at radius 2 is 2.09 bits per heavy atom. The zero-order chi connectivity index (χ0) is 16.7. The van der Waals surface area contributed by atoms with Crippen LogP contribution in [0.3, 0.4) is 0 Å². The van der Waals surface area contributed by atoms with Gasteiger partial charge in [-0.1, -0.05) is 30.3 Å². The molecule has 0 aliphatic rings. The molecule has 0 fully saturated rings. The lowest BCUT2D eigenvalue weighted by atomic mass is 10.2. The minimum Gasteiger partial charge on any atom is -0.393 e. The van der Waals surface area contributed by atoms with Gasteiger partial charge in [0, 0.05) is 6.54 Å². The van der Waals surface area contributed by atoms with Crippen LogP contribution in [0.25, 0.3) is 5.69 Å². The van der Waals surface area contributed by atoms with Crippen molar-refractivity contribution in [3.05, 3.63) is 42.2 Å². The number of aliphatic hydroxyl groups excluding tert-OH is 1. The van der Waals surface area contributed by atoms with Gasteiger partial charge in [0.05, 0.1) is 24.0 Å². The Morgan fingerprint density at radius 3 is 2.78 bits per heavy atom. The highest BCUT2D eigenvalue weighted by atomic mass is 16.3. The number of para-hydroxylation sites is 1. The molecule has 2 aromatic rings. The minimum absolute atomic E-state index is 0.261. The van der Waals surface area contributed by atoms with Gasteiger partial charge in [0.2, 0.25) is 0 Å². The molecule has 7 heteroatoms. The third kappa shape index (κ3) is 5.07. The number of benzene rings is 1. The highest BCUT2D eigenvalue weighted by Gasteiger charge is 2.13. The molecule has 2 atom stereocenters. The van der Waals surface area contributed by atoms with Crippen LogP contribution < -0.4 is 10.6 Å². The summed E-state index contributed by atoms with van der Waals surface area (Å²) >= 11 is 0. The van der Waals surface area contributed by atoms with Crippen LogP contribution in [0.4, 0.5) is 4.79 Å². The molecule has 2 amide bonds. The summed E-state index contributed by atoms with van der Waals surface area (Å²) in [7, 11) is 0. The molecule has 124 valence electrons. The van der Waals surface area contributed by atoms with Crippen molar-refractivity contribution in [3.63, 3.8) is 0 Å². The molecule has 0 saturated heterocycles. The van der Waals surface area contributed by atoms with Crippen molar-refractivity contribution in [1.82, 2.24) is 25.6 Å². The second-order valence-electron chi connectivity index (χ2n) is 5.40. The predicted octanol–water partition coefficient (Wildman–Crippen LogP) is 1.79. The fraction of sp³-hybridized carbons (Fsp3) is 0.438. The van der Waals surface area contributed by atoms with E-state index in [0.717, 1.165) is 5.69 Å². The van der Waals surface area contributed by atoms with E-state index in [1.165, 1.54) is 0 Å². The number of nitrogens with one attached hydrogen (secondary N) is 2. The van der Waals surface area contributed by atoms with Gasteiger partial charge in [-0.3, -0.25) is 0 Å². The summed E-state index contributed by atoms with van der Waals surface area (Å²) in [6, 6.07) is 9.11. The number of urea groups is 1. The molecule has 1 heterocycles. The molecule has 1 aromatic heterocycles. The fourth-order valence-corrected chi connectivity index (χ4v) is 2.06. The van der Waals surface area contributed by atoms with Crippen molar-refractivity contribution in [2.45, 2.75) is 38.8 Å². The summed E-state index contributed by atoms with van der Waals surface area (Å²) in [5.41, 5.74) is 1.59. The molecule has 23 heavy (non-hydrogen) atoms. The predicted molar refractivity (Wildman–Crippen MR) is 87.2 cm³/mol. The Bertz CT molecular complexity index is 614. The van der Waals surface area contributed by atoms with Gasteiger partial charge in [-0.25, -0.2) is 9.48 Å². The van der Waals surface area contributed by atoms with Gasteiger partial charge in [-0.05, 0) is 31.9 Å². The normalized spacial score (nSPS) is 13.3. The number of carbonyl (C=O) groups excluding carboxylic acids is 1. The van der Waals surface area contributed by atoms with Crippen molar-refractivity contribution >= 4 is 6.03 Å². The molecular formula is C16H23N5O2. The monoisotopic (exact) mass is 317 g/mol. The van der Waals surface area contributed by atoms with Crippen LogP contribution in [0.15, 0.2) is 36.5 Å². The maximum Gasteiger partial charge on any atom is 0.315 e. The van der Waals surface area contributed by atoms with E-state index in [1.54, 1.807) is 10.9 Å². The number of hydrogen-bond acceptors (Lipinski definition) is 4. The van der Waals surface area contributed by atoms with Crippen molar-refractivity contribution in [2.24, 2.45) is 0 Å². The molecule has 2 unspecified atom stereocenters. The summed E-state index contributed by atoms with van der Waals surface area (Å²) < 4.78 is 1.67. The van der Waals surface area contributed by atoms with Gasteiger partial charge >= 0.3 is 6.03 Å². The number of aliphatic hydroxyl groups is 1. The second-order valence-corrected chi connectivity index (χ2v) is 5.40. The van der Waals surface area contributed by atoms with Gasteiger partial charge in [-0.2, -0.15) is 0 Å². The maximum atomic E-state index is 11.8. The lowest BCUT2D eigenvalue weighted by Gasteiger charge is -2.13. The van der Waals surface area contributed by atoms with E-state index in [4.69, 9.17) is 0 Å². The topological polar surface area (TPSA) is 92.1 Å². The Labute approximate surface area is 135 Å². The van der Waals surface area contributed by atoms with E-state index in [0.29, 0.717) is 25.1 Å². The molecule has 0 aliphatic carbocycles. The number of aromatic nitrogens is 3. The van der Waals surface area contributed by atoms with Crippen LogP contribution >= 0.6 is 0 Å². The number of rotatable bonds is 7. The Hall–Kier alpha value is -2.41. The van der Waals surface area contributed by atoms with Crippen LogP contribution in [0.2, 0.25) is 0 Å². The molecule has 0 aliphatic heterocycles. The number of hydrogen-bond donors (Lipinski definition) is 3. The fourth-order valence-electron chi connectivity index (χ4n) is 2.06. The number of amides is 2. The maximum absolute atomic E-state index is 11.8. The van der Waals surface area contributed by atoms with Crippen LogP contribution in [0, 0.1) is 0 Å². The van der Waals surface area contributed by atoms with E-state index in [2.05, 4.69) is 20.9 Å². The van der Waals surface area contributed by atoms with Gasteiger partial charge in [-0.15, -0.1) is 5.10 Å². The summed E-state index contributed by atoms with van der Waals surface area (Å²) in [4.78, 5) is 11.8. The minimum atomic E-state index is -0.376. The summed E-state index contributed by atoms with van der Waals surface area (Å²) in [5.74, 6) is 0. The average molecular weight is 317 g/mol. The third-order valence-corrected chi connectivity index (χ3v) is 3.56. The van der Waals surface area contributed by atoms with Gasteiger partial charge in [0.1, 0.15) is 5.69 Å². The van der Waals surface area contributed by atoms with Crippen LogP contribution in [0.1, 0.15) is 38.4 Å². The van der Waals surface area contributed by atoms with E-state index in [-0.39, 0.29) is 18.2 Å². The molecule has 3 N–H and O–H groups in total. The van der Waals surface area contributed by atoms with Gasteiger partial charge in [0.25, 0.3) is 0 Å². The van der Waals surface area contributed by atoms with Crippen LogP contribution in [-0.2, 0) is 0 Å². The highest BCUT2D eigenvalue weighted by molar-refractivity contribution is 5.74. The third-order valence-electron chi connectivity index (χ3n) is 3.56. The van der Waals surface area contributed by atoms with E-state index in [9.17, 15) is 9.90 Å². The zero-order valence-electron chi connectivity index (χ0n) is 13.4. The molecule has 0 saturated carbocycles. The van der Waals surface area contributed by atoms with E-state index in [1.807, 2.05) is 44.2 Å². The smallest absolute Gasteiger partial charge is 0.315 e. The molecule has 2 rings (SSSR count). The standard InChI is InChI=1S/C16H23N5O2/c1-3-14(22)9-10-17-16(23)18-12(2)15-11-21(20-19-15)13-7-5-4-6-8-13/h4-8,11-12,14,22H,3,9-10H2,1-2H3,(H2,17,18,23). The largest absolute Gasteiger partial charge is 0.393 e. The Kier molecular flexibility index (Phi) is 6.10. The van der Waals surface area contributed by atoms with E-state index < -0.39 is 0 Å². The van der Waals surface area contributed by atoms with Crippen LogP contribution in [-0.4, -0.2) is 38.8 Å². The lowest BCUT2D eigenvalue weighted by molar-refractivity contribution is 0.160. The molecule has 7 nitrogen and oxygen atoms in total. The first-order valence-corrected chi connectivity index (χ1v) is 7.80. The Morgan fingerprint density at radius 1 is 1.35 bits per heavy atom. The van der Waals surface area contributed by atoms with Gasteiger partial charge < -0.3 is 15.7 Å². The SMILES string of the molecule is CCC(O)CCNC(=O)NC(C)c1cn(-c2ccccc2)nn1. The van der Waals surface area contributed by atoms with Gasteiger partial charge in [0.15, 0.2) is 0 Å². The first kappa shape index (κ1) is 17.0. The molecule has 0 bridgehead atoms. The highest BCUT2D eigenvalue weighted by Crippen LogP contribution is 2.11. The average Bonchev–Trinajstić information content (AvgIpc) is 3.05.